The van der Waals surface area contributed by atoms with Gasteiger partial charge in [-0.2, -0.15) is 4.31 Å². The average molecular weight is 494 g/mol. The Balaban J connectivity index is 1.46. The van der Waals surface area contributed by atoms with Gasteiger partial charge in [-0.15, -0.1) is 0 Å². The van der Waals surface area contributed by atoms with Crippen molar-refractivity contribution in [3.8, 4) is 5.75 Å². The maximum Gasteiger partial charge on any atom is 0.243 e. The zero-order valence-corrected chi connectivity index (χ0v) is 20.0. The first-order valence-corrected chi connectivity index (χ1v) is 12.5. The predicted molar refractivity (Wildman–Crippen MR) is 125 cm³/mol. The third-order valence-corrected chi connectivity index (χ3v) is 7.60. The molecule has 0 aromatic heterocycles. The summed E-state index contributed by atoms with van der Waals surface area (Å²) >= 11 is 5.93. The first-order valence-electron chi connectivity index (χ1n) is 10.7. The second-order valence-corrected chi connectivity index (χ2v) is 10.2. The number of ether oxygens (including phenoxy) is 1. The first-order chi connectivity index (χ1) is 15.8. The molecule has 2 amide bonds. The van der Waals surface area contributed by atoms with Crippen LogP contribution in [-0.2, 0) is 26.2 Å². The van der Waals surface area contributed by atoms with Crippen LogP contribution >= 0.6 is 11.6 Å². The summed E-state index contributed by atoms with van der Waals surface area (Å²) in [5, 5.41) is 6.15. The van der Waals surface area contributed by atoms with Crippen molar-refractivity contribution in [3.05, 3.63) is 59.1 Å². The normalized spacial score (nSPS) is 16.7. The second kappa shape index (κ2) is 11.5. The Bertz CT molecular complexity index is 1080. The predicted octanol–water partition coefficient (Wildman–Crippen LogP) is 2.57. The molecule has 178 valence electrons. The number of nitrogens with zero attached hydrogens (tertiary/aromatic N) is 1. The fraction of sp³-hybridized carbons (Fsp3) is 0.391. The van der Waals surface area contributed by atoms with Crippen molar-refractivity contribution in [1.29, 1.82) is 0 Å². The van der Waals surface area contributed by atoms with E-state index in [-0.39, 0.29) is 36.2 Å². The summed E-state index contributed by atoms with van der Waals surface area (Å²) in [6.07, 6.45) is 1.32. The van der Waals surface area contributed by atoms with Crippen molar-refractivity contribution in [3.63, 3.8) is 0 Å². The Hall–Kier alpha value is -2.62. The van der Waals surface area contributed by atoms with Crippen LogP contribution in [0.15, 0.2) is 53.4 Å². The van der Waals surface area contributed by atoms with Crippen LogP contribution in [0.5, 0.6) is 5.75 Å². The lowest BCUT2D eigenvalue weighted by Gasteiger charge is -2.31. The molecule has 3 rings (SSSR count). The molecule has 2 N–H and O–H groups in total. The molecule has 1 atom stereocenters. The number of sulfonamides is 1. The van der Waals surface area contributed by atoms with E-state index in [9.17, 15) is 18.0 Å². The van der Waals surface area contributed by atoms with Crippen LogP contribution in [0.3, 0.4) is 0 Å². The second-order valence-electron chi connectivity index (χ2n) is 7.83. The molecule has 8 nitrogen and oxygen atoms in total. The van der Waals surface area contributed by atoms with Crippen molar-refractivity contribution in [2.45, 2.75) is 30.7 Å². The Kier molecular flexibility index (Phi) is 8.71. The summed E-state index contributed by atoms with van der Waals surface area (Å²) in [6, 6.07) is 13.4. The minimum atomic E-state index is -3.70. The molecule has 0 aliphatic carbocycles. The number of benzene rings is 2. The van der Waals surface area contributed by atoms with Crippen molar-refractivity contribution in [2.24, 2.45) is 5.92 Å². The molecule has 0 radical (unpaired) electrons. The number of amides is 2. The fourth-order valence-electron chi connectivity index (χ4n) is 3.65. The SMILES string of the molecule is COc1ccc(S(=O)(=O)N2CCCC(C(=O)NCCC(=O)NCc3cccc(Cl)c3)C2)cc1. The van der Waals surface area contributed by atoms with Crippen molar-refractivity contribution in [2.75, 3.05) is 26.7 Å². The zero-order chi connectivity index (χ0) is 23.8. The lowest BCUT2D eigenvalue weighted by Crippen LogP contribution is -2.45. The molecule has 1 aliphatic heterocycles. The maximum atomic E-state index is 13.0. The highest BCUT2D eigenvalue weighted by Crippen LogP contribution is 2.25. The number of piperidine rings is 1. The van der Waals surface area contributed by atoms with Gasteiger partial charge in [-0.1, -0.05) is 23.7 Å². The van der Waals surface area contributed by atoms with E-state index < -0.39 is 15.9 Å². The van der Waals surface area contributed by atoms with Crippen molar-refractivity contribution >= 4 is 33.4 Å². The third-order valence-electron chi connectivity index (χ3n) is 5.48. The van der Waals surface area contributed by atoms with Gasteiger partial charge in [0, 0.05) is 37.6 Å². The van der Waals surface area contributed by atoms with Crippen LogP contribution in [-0.4, -0.2) is 51.3 Å². The summed E-state index contributed by atoms with van der Waals surface area (Å²) in [6.45, 7) is 1.02. The molecule has 1 fully saturated rings. The van der Waals surface area contributed by atoms with Gasteiger partial charge in [0.2, 0.25) is 21.8 Å². The summed E-state index contributed by atoms with van der Waals surface area (Å²) in [5.41, 5.74) is 0.889. The molecular formula is C23H28ClN3O5S. The lowest BCUT2D eigenvalue weighted by molar-refractivity contribution is -0.126. The smallest absolute Gasteiger partial charge is 0.243 e. The van der Waals surface area contributed by atoms with Gasteiger partial charge in [-0.25, -0.2) is 8.42 Å². The molecule has 10 heteroatoms. The first kappa shape index (κ1) is 25.0. The van der Waals surface area contributed by atoms with Gasteiger partial charge in [0.15, 0.2) is 0 Å². The molecule has 1 unspecified atom stereocenters. The van der Waals surface area contributed by atoms with E-state index in [1.165, 1.54) is 23.5 Å². The van der Waals surface area contributed by atoms with Gasteiger partial charge in [-0.05, 0) is 54.8 Å². The summed E-state index contributed by atoms with van der Waals surface area (Å²) in [7, 11) is -2.19. The summed E-state index contributed by atoms with van der Waals surface area (Å²) in [5.74, 6) is -0.322. The minimum Gasteiger partial charge on any atom is -0.497 e. The molecule has 2 aromatic carbocycles. The summed E-state index contributed by atoms with van der Waals surface area (Å²) in [4.78, 5) is 24.8. The number of hydrogen-bond donors (Lipinski definition) is 2. The van der Waals surface area contributed by atoms with Crippen LogP contribution in [0.2, 0.25) is 5.02 Å². The quantitative estimate of drug-likeness (QED) is 0.558. The molecule has 2 aromatic rings. The van der Waals surface area contributed by atoms with Crippen molar-refractivity contribution < 1.29 is 22.7 Å². The highest BCUT2D eigenvalue weighted by molar-refractivity contribution is 7.89. The number of carbonyl (C=O) groups is 2. The van der Waals surface area contributed by atoms with Gasteiger partial charge in [0.1, 0.15) is 5.75 Å². The number of halogens is 1. The number of carbonyl (C=O) groups excluding carboxylic acids is 2. The van der Waals surface area contributed by atoms with Gasteiger partial charge >= 0.3 is 0 Å². The summed E-state index contributed by atoms with van der Waals surface area (Å²) < 4.78 is 32.3. The van der Waals surface area contributed by atoms with Crippen LogP contribution in [0.1, 0.15) is 24.8 Å². The molecular weight excluding hydrogens is 466 g/mol. The number of methoxy groups -OCH3 is 1. The van der Waals surface area contributed by atoms with E-state index in [0.717, 1.165) is 5.56 Å². The molecule has 1 aliphatic rings. The maximum absolute atomic E-state index is 13.0. The molecule has 1 saturated heterocycles. The van der Waals surface area contributed by atoms with E-state index in [2.05, 4.69) is 10.6 Å². The molecule has 0 saturated carbocycles. The molecule has 1 heterocycles. The van der Waals surface area contributed by atoms with E-state index in [1.807, 2.05) is 12.1 Å². The van der Waals surface area contributed by atoms with Crippen molar-refractivity contribution in [1.82, 2.24) is 14.9 Å². The Morgan fingerprint density at radius 1 is 1.15 bits per heavy atom. The average Bonchev–Trinajstić information content (AvgIpc) is 2.83. The number of rotatable bonds is 9. The van der Waals surface area contributed by atoms with Gasteiger partial charge < -0.3 is 15.4 Å². The Morgan fingerprint density at radius 2 is 1.91 bits per heavy atom. The topological polar surface area (TPSA) is 105 Å². The molecule has 33 heavy (non-hydrogen) atoms. The van der Waals surface area contributed by atoms with E-state index in [4.69, 9.17) is 16.3 Å². The third kappa shape index (κ3) is 6.93. The van der Waals surface area contributed by atoms with E-state index in [0.29, 0.717) is 36.7 Å². The van der Waals surface area contributed by atoms with Gasteiger partial charge in [-0.3, -0.25) is 9.59 Å². The molecule has 0 spiro atoms. The number of nitrogens with one attached hydrogen (secondary N) is 2. The zero-order valence-electron chi connectivity index (χ0n) is 18.4. The monoisotopic (exact) mass is 493 g/mol. The van der Waals surface area contributed by atoms with Crippen LogP contribution in [0.4, 0.5) is 0 Å². The van der Waals surface area contributed by atoms with Crippen LogP contribution in [0.25, 0.3) is 0 Å². The van der Waals surface area contributed by atoms with Crippen LogP contribution in [0, 0.1) is 5.92 Å². The minimum absolute atomic E-state index is 0.112. The Morgan fingerprint density at radius 3 is 2.61 bits per heavy atom. The van der Waals surface area contributed by atoms with Gasteiger partial charge in [0.25, 0.3) is 0 Å². The largest absolute Gasteiger partial charge is 0.497 e. The fourth-order valence-corrected chi connectivity index (χ4v) is 5.39. The molecule has 0 bridgehead atoms. The van der Waals surface area contributed by atoms with Crippen LogP contribution < -0.4 is 15.4 Å². The lowest BCUT2D eigenvalue weighted by atomic mass is 9.99. The standard InChI is InChI=1S/C23H28ClN3O5S/c1-32-20-7-9-21(10-8-20)33(30,31)27-13-3-5-18(16-27)23(29)25-12-11-22(28)26-15-17-4-2-6-19(24)14-17/h2,4,6-10,14,18H,3,5,11-13,15-16H2,1H3,(H,25,29)(H,26,28). The number of hydrogen-bond acceptors (Lipinski definition) is 5. The van der Waals surface area contributed by atoms with Gasteiger partial charge in [0.05, 0.1) is 17.9 Å². The highest BCUT2D eigenvalue weighted by Gasteiger charge is 2.33. The van der Waals surface area contributed by atoms with E-state index >= 15 is 0 Å². The Labute approximate surface area is 199 Å². The van der Waals surface area contributed by atoms with E-state index in [1.54, 1.807) is 24.3 Å². The highest BCUT2D eigenvalue weighted by atomic mass is 35.5.